The summed E-state index contributed by atoms with van der Waals surface area (Å²) in [5, 5.41) is 8.55. The van der Waals surface area contributed by atoms with E-state index >= 15 is 0 Å². The highest BCUT2D eigenvalue weighted by Gasteiger charge is 2.06. The second-order valence-corrected chi connectivity index (χ2v) is 2.49. The molecule has 0 amide bonds. The topological polar surface area (TPSA) is 23.5 Å². The first-order valence-corrected chi connectivity index (χ1v) is 3.33. The Hall–Kier alpha value is -0.435. The van der Waals surface area contributed by atoms with E-state index in [9.17, 15) is 0 Å². The molecule has 2 nitrogen and oxygen atoms in total. The number of hydrogen-bond acceptors (Lipinski definition) is 2. The number of aliphatic hydroxyl groups excluding tert-OH is 1. The van der Waals surface area contributed by atoms with E-state index in [1.54, 1.807) is 0 Å². The fourth-order valence-corrected chi connectivity index (χ4v) is 1.09. The van der Waals surface area contributed by atoms with Gasteiger partial charge in [0.05, 0.1) is 0 Å². The fraction of sp³-hybridized carbons (Fsp3) is 0.667. The van der Waals surface area contributed by atoms with E-state index in [2.05, 4.69) is 19.0 Å². The molecule has 0 saturated carbocycles. The van der Waals surface area contributed by atoms with Crippen molar-refractivity contribution < 1.29 is 5.11 Å². The van der Waals surface area contributed by atoms with E-state index in [0.29, 0.717) is 6.61 Å². The van der Waals surface area contributed by atoms with Crippen LogP contribution in [0.4, 0.5) is 0 Å². The van der Waals surface area contributed by atoms with Crippen molar-refractivity contribution >= 4 is 7.98 Å². The molecule has 0 fully saturated rings. The lowest BCUT2D eigenvalue weighted by atomic mass is 10.2. The Morgan fingerprint density at radius 1 is 1.78 bits per heavy atom. The Balaban J connectivity index is 2.33. The van der Waals surface area contributed by atoms with Crippen molar-refractivity contribution in [3.8, 4) is 0 Å². The summed E-state index contributed by atoms with van der Waals surface area (Å²) in [4.78, 5) is 2.16. The zero-order valence-electron chi connectivity index (χ0n) is 5.80. The van der Waals surface area contributed by atoms with Crippen LogP contribution in [0.15, 0.2) is 11.8 Å². The fourth-order valence-electron chi connectivity index (χ4n) is 1.09. The second-order valence-electron chi connectivity index (χ2n) is 2.49. The first kappa shape index (κ1) is 6.68. The largest absolute Gasteiger partial charge is 0.427 e. The summed E-state index contributed by atoms with van der Waals surface area (Å²) in [6, 6.07) is 0. The molecular formula is C6H12BNO. The summed E-state index contributed by atoms with van der Waals surface area (Å²) < 4.78 is 0. The lowest BCUT2D eigenvalue weighted by Crippen LogP contribution is -2.07. The van der Waals surface area contributed by atoms with Crippen molar-refractivity contribution in [3.63, 3.8) is 0 Å². The van der Waals surface area contributed by atoms with Gasteiger partial charge in [0.15, 0.2) is 0 Å². The van der Waals surface area contributed by atoms with Crippen molar-refractivity contribution in [2.24, 2.45) is 0 Å². The predicted molar refractivity (Wildman–Crippen MR) is 39.7 cm³/mol. The maximum atomic E-state index is 8.55. The van der Waals surface area contributed by atoms with Gasteiger partial charge in [-0.25, -0.2) is 0 Å². The summed E-state index contributed by atoms with van der Waals surface area (Å²) in [6.07, 6.45) is 4.11. The number of aliphatic hydroxyl groups is 1. The van der Waals surface area contributed by atoms with Crippen molar-refractivity contribution in [2.45, 2.75) is 12.8 Å². The van der Waals surface area contributed by atoms with Gasteiger partial charge in [-0.15, -0.1) is 0 Å². The highest BCUT2D eigenvalue weighted by molar-refractivity contribution is 6.05. The molecule has 0 atom stereocenters. The van der Waals surface area contributed by atoms with Crippen LogP contribution < -0.4 is 0 Å². The van der Waals surface area contributed by atoms with Crippen LogP contribution in [0, 0.1) is 0 Å². The van der Waals surface area contributed by atoms with Crippen LogP contribution >= 0.6 is 0 Å². The third-order valence-corrected chi connectivity index (χ3v) is 1.62. The van der Waals surface area contributed by atoms with Gasteiger partial charge in [0.1, 0.15) is 0 Å². The van der Waals surface area contributed by atoms with Crippen LogP contribution in [-0.4, -0.2) is 31.1 Å². The molecule has 0 spiro atoms. The Bertz CT molecular complexity index is 124. The number of hydrogen-bond donors (Lipinski definition) is 1. The normalized spacial score (nSPS) is 18.3. The molecule has 0 bridgehead atoms. The van der Waals surface area contributed by atoms with Gasteiger partial charge in [0, 0.05) is 13.2 Å². The molecule has 9 heavy (non-hydrogen) atoms. The smallest absolute Gasteiger partial charge is 0.216 e. The molecule has 0 radical (unpaired) electrons. The highest BCUT2D eigenvalue weighted by atomic mass is 16.2. The minimum absolute atomic E-state index is 0.291. The third-order valence-electron chi connectivity index (χ3n) is 1.62. The first-order valence-electron chi connectivity index (χ1n) is 3.33. The summed E-state index contributed by atoms with van der Waals surface area (Å²) in [6.45, 7) is 1.41. The Morgan fingerprint density at radius 2 is 2.56 bits per heavy atom. The van der Waals surface area contributed by atoms with E-state index in [1.807, 2.05) is 0 Å². The average molecular weight is 125 g/mol. The molecule has 1 heterocycles. The van der Waals surface area contributed by atoms with Crippen LogP contribution in [0.3, 0.4) is 0 Å². The SMILES string of the molecule is BN1C=C(CCO)CC1. The van der Waals surface area contributed by atoms with Crippen LogP contribution in [0.5, 0.6) is 0 Å². The van der Waals surface area contributed by atoms with Crippen molar-refractivity contribution in [1.29, 1.82) is 0 Å². The van der Waals surface area contributed by atoms with Crippen LogP contribution in [0.1, 0.15) is 12.8 Å². The van der Waals surface area contributed by atoms with Gasteiger partial charge < -0.3 is 9.92 Å². The van der Waals surface area contributed by atoms with E-state index in [-0.39, 0.29) is 0 Å². The number of rotatable bonds is 2. The molecule has 50 valence electrons. The Morgan fingerprint density at radius 3 is 3.00 bits per heavy atom. The van der Waals surface area contributed by atoms with Crippen LogP contribution in [0.2, 0.25) is 0 Å². The maximum absolute atomic E-state index is 8.55. The minimum atomic E-state index is 0.291. The van der Waals surface area contributed by atoms with E-state index < -0.39 is 0 Å². The molecule has 0 unspecified atom stereocenters. The quantitative estimate of drug-likeness (QED) is 0.503. The van der Waals surface area contributed by atoms with Gasteiger partial charge in [-0.2, -0.15) is 0 Å². The van der Waals surface area contributed by atoms with Gasteiger partial charge >= 0.3 is 0 Å². The van der Waals surface area contributed by atoms with Crippen LogP contribution in [-0.2, 0) is 0 Å². The minimum Gasteiger partial charge on any atom is -0.427 e. The average Bonchev–Trinajstić information content (AvgIpc) is 2.17. The molecule has 1 aliphatic rings. The van der Waals surface area contributed by atoms with Crippen LogP contribution in [0.25, 0.3) is 0 Å². The molecule has 0 aliphatic carbocycles. The standard InChI is InChI=1S/C6H12BNO/c7-8-3-1-6(5-8)2-4-9/h5,9H,1-4,7H2. The Labute approximate surface area is 56.6 Å². The van der Waals surface area contributed by atoms with Crippen molar-refractivity contribution in [1.82, 2.24) is 4.81 Å². The lowest BCUT2D eigenvalue weighted by molar-refractivity contribution is 0.298. The van der Waals surface area contributed by atoms with Gasteiger partial charge in [-0.05, 0) is 19.0 Å². The van der Waals surface area contributed by atoms with E-state index in [0.717, 1.165) is 19.4 Å². The van der Waals surface area contributed by atoms with E-state index in [1.165, 1.54) is 5.57 Å². The van der Waals surface area contributed by atoms with Crippen molar-refractivity contribution in [2.75, 3.05) is 13.2 Å². The molecule has 1 aliphatic heterocycles. The lowest BCUT2D eigenvalue weighted by Gasteiger charge is -2.02. The highest BCUT2D eigenvalue weighted by Crippen LogP contribution is 2.14. The van der Waals surface area contributed by atoms with Gasteiger partial charge in [0.2, 0.25) is 7.98 Å². The molecule has 0 aromatic carbocycles. The summed E-state index contributed by atoms with van der Waals surface area (Å²) in [7, 11) is 2.06. The molecular weight excluding hydrogens is 113 g/mol. The zero-order valence-corrected chi connectivity index (χ0v) is 5.80. The molecule has 1 rings (SSSR count). The molecule has 0 aromatic heterocycles. The van der Waals surface area contributed by atoms with Crippen molar-refractivity contribution in [3.05, 3.63) is 11.8 Å². The van der Waals surface area contributed by atoms with Gasteiger partial charge in [0.25, 0.3) is 0 Å². The first-order chi connectivity index (χ1) is 4.33. The number of nitrogens with zero attached hydrogens (tertiary/aromatic N) is 1. The van der Waals surface area contributed by atoms with Gasteiger partial charge in [-0.3, -0.25) is 0 Å². The maximum Gasteiger partial charge on any atom is 0.216 e. The summed E-state index contributed by atoms with van der Waals surface area (Å²) in [5.74, 6) is 0. The monoisotopic (exact) mass is 125 g/mol. The predicted octanol–water partition coefficient (Wildman–Crippen LogP) is -0.494. The molecule has 0 saturated heterocycles. The second kappa shape index (κ2) is 2.92. The van der Waals surface area contributed by atoms with E-state index in [4.69, 9.17) is 5.11 Å². The Kier molecular flexibility index (Phi) is 2.17. The molecule has 3 heteroatoms. The summed E-state index contributed by atoms with van der Waals surface area (Å²) in [5.41, 5.74) is 1.38. The van der Waals surface area contributed by atoms with Gasteiger partial charge in [-0.1, -0.05) is 5.57 Å². The third kappa shape index (κ3) is 1.75. The molecule has 0 aromatic rings. The molecule has 1 N–H and O–H groups in total. The zero-order chi connectivity index (χ0) is 6.69. The summed E-state index contributed by atoms with van der Waals surface area (Å²) >= 11 is 0.